The molecule has 0 fully saturated rings. The maximum absolute atomic E-state index is 12.3. The number of amides is 4. The molecule has 0 bridgehead atoms. The van der Waals surface area contributed by atoms with Gasteiger partial charge in [-0.05, 0) is 32.0 Å². The molecule has 1 aromatic carbocycles. The lowest BCUT2D eigenvalue weighted by atomic mass is 10.1. The SMILES string of the molecule is CNC(=O)[C@@H](NC(=O)CNC(=O)[C@H](CCN)NC(=O)c1ccccc1)[C@@H](C)O. The van der Waals surface area contributed by atoms with Gasteiger partial charge in [0.2, 0.25) is 17.7 Å². The van der Waals surface area contributed by atoms with Gasteiger partial charge in [0.15, 0.2) is 0 Å². The molecule has 28 heavy (non-hydrogen) atoms. The van der Waals surface area contributed by atoms with Crippen molar-refractivity contribution in [1.29, 1.82) is 0 Å². The number of nitrogens with one attached hydrogen (secondary N) is 4. The molecule has 0 aliphatic heterocycles. The lowest BCUT2D eigenvalue weighted by molar-refractivity contribution is -0.131. The fourth-order valence-corrected chi connectivity index (χ4v) is 2.34. The Balaban J connectivity index is 2.62. The highest BCUT2D eigenvalue weighted by atomic mass is 16.3. The van der Waals surface area contributed by atoms with Crippen molar-refractivity contribution in [2.24, 2.45) is 5.73 Å². The molecule has 7 N–H and O–H groups in total. The van der Waals surface area contributed by atoms with Gasteiger partial charge in [-0.25, -0.2) is 0 Å². The molecular formula is C18H27N5O5. The third-order valence-corrected chi connectivity index (χ3v) is 3.86. The number of carbonyl (C=O) groups excluding carboxylic acids is 4. The summed E-state index contributed by atoms with van der Waals surface area (Å²) in [6.07, 6.45) is -0.935. The predicted molar refractivity (Wildman–Crippen MR) is 102 cm³/mol. The molecule has 0 saturated heterocycles. The first kappa shape index (κ1) is 23.1. The number of nitrogens with two attached hydrogens (primary N) is 1. The summed E-state index contributed by atoms with van der Waals surface area (Å²) in [6.45, 7) is 1.08. The van der Waals surface area contributed by atoms with E-state index in [0.29, 0.717) is 5.56 Å². The van der Waals surface area contributed by atoms with E-state index in [1.165, 1.54) is 14.0 Å². The van der Waals surface area contributed by atoms with E-state index in [1.54, 1.807) is 30.3 Å². The quantitative estimate of drug-likeness (QED) is 0.266. The molecule has 154 valence electrons. The van der Waals surface area contributed by atoms with Gasteiger partial charge >= 0.3 is 0 Å². The molecule has 0 unspecified atom stereocenters. The van der Waals surface area contributed by atoms with E-state index in [4.69, 9.17) is 5.73 Å². The number of hydrogen-bond donors (Lipinski definition) is 6. The fourth-order valence-electron chi connectivity index (χ4n) is 2.34. The molecule has 0 aliphatic rings. The molecule has 0 spiro atoms. The molecule has 10 nitrogen and oxygen atoms in total. The number of carbonyl (C=O) groups is 4. The Morgan fingerprint density at radius 3 is 2.25 bits per heavy atom. The number of hydrogen-bond acceptors (Lipinski definition) is 6. The van der Waals surface area contributed by atoms with Crippen LogP contribution in [0.15, 0.2) is 30.3 Å². The van der Waals surface area contributed by atoms with Crippen molar-refractivity contribution in [2.45, 2.75) is 31.5 Å². The summed E-state index contributed by atoms with van der Waals surface area (Å²) in [5, 5.41) is 19.2. The highest BCUT2D eigenvalue weighted by Gasteiger charge is 2.25. The number of rotatable bonds is 10. The van der Waals surface area contributed by atoms with Crippen molar-refractivity contribution < 1.29 is 24.3 Å². The molecule has 1 rings (SSSR count). The highest BCUT2D eigenvalue weighted by molar-refractivity contribution is 5.98. The van der Waals surface area contributed by atoms with E-state index in [0.717, 1.165) is 0 Å². The van der Waals surface area contributed by atoms with Gasteiger partial charge in [-0.15, -0.1) is 0 Å². The first-order valence-corrected chi connectivity index (χ1v) is 8.82. The average Bonchev–Trinajstić information content (AvgIpc) is 2.69. The van der Waals surface area contributed by atoms with Crippen LogP contribution in [0, 0.1) is 0 Å². The van der Waals surface area contributed by atoms with Crippen LogP contribution < -0.4 is 27.0 Å². The van der Waals surface area contributed by atoms with Crippen LogP contribution in [0.5, 0.6) is 0 Å². The zero-order valence-electron chi connectivity index (χ0n) is 15.9. The largest absolute Gasteiger partial charge is 0.391 e. The summed E-state index contributed by atoms with van der Waals surface area (Å²) < 4.78 is 0. The molecule has 0 aromatic heterocycles. The summed E-state index contributed by atoms with van der Waals surface area (Å²) >= 11 is 0. The Hall–Kier alpha value is -2.98. The van der Waals surface area contributed by atoms with Crippen molar-refractivity contribution in [2.75, 3.05) is 20.1 Å². The first-order chi connectivity index (χ1) is 13.3. The summed E-state index contributed by atoms with van der Waals surface area (Å²) in [7, 11) is 1.37. The number of aliphatic hydroxyl groups excluding tert-OH is 1. The Morgan fingerprint density at radius 1 is 1.07 bits per heavy atom. The number of benzene rings is 1. The van der Waals surface area contributed by atoms with E-state index in [9.17, 15) is 24.3 Å². The Morgan fingerprint density at radius 2 is 1.71 bits per heavy atom. The third-order valence-electron chi connectivity index (χ3n) is 3.86. The highest BCUT2D eigenvalue weighted by Crippen LogP contribution is 2.00. The van der Waals surface area contributed by atoms with Crippen LogP contribution in [0.3, 0.4) is 0 Å². The zero-order chi connectivity index (χ0) is 21.1. The predicted octanol–water partition coefficient (Wildman–Crippen LogP) is -2.14. The second kappa shape index (κ2) is 11.7. The van der Waals surface area contributed by atoms with Gasteiger partial charge in [-0.1, -0.05) is 18.2 Å². The second-order valence-electron chi connectivity index (χ2n) is 6.09. The van der Waals surface area contributed by atoms with Gasteiger partial charge in [0, 0.05) is 12.6 Å². The van der Waals surface area contributed by atoms with Crippen LogP contribution in [-0.4, -0.2) is 67.1 Å². The van der Waals surface area contributed by atoms with E-state index in [2.05, 4.69) is 21.3 Å². The summed E-state index contributed by atoms with van der Waals surface area (Å²) in [6, 6.07) is 6.30. The van der Waals surface area contributed by atoms with E-state index < -0.39 is 48.4 Å². The standard InChI is InChI=1S/C18H27N5O5/c1-11(24)15(18(28)20-2)23-14(25)10-21-17(27)13(8-9-19)22-16(26)12-6-4-3-5-7-12/h3-7,11,13,15,24H,8-10,19H2,1-2H3,(H,20,28)(H,21,27)(H,22,26)(H,23,25)/t11-,13+,15+/m1/s1. The van der Waals surface area contributed by atoms with E-state index in [-0.39, 0.29) is 13.0 Å². The molecule has 1 aromatic rings. The molecule has 0 aliphatic carbocycles. The van der Waals surface area contributed by atoms with Crippen LogP contribution in [0.2, 0.25) is 0 Å². The Bertz CT molecular complexity index is 680. The average molecular weight is 393 g/mol. The van der Waals surface area contributed by atoms with E-state index in [1.807, 2.05) is 0 Å². The van der Waals surface area contributed by atoms with E-state index >= 15 is 0 Å². The smallest absolute Gasteiger partial charge is 0.251 e. The lowest BCUT2D eigenvalue weighted by Gasteiger charge is -2.21. The molecule has 10 heteroatoms. The van der Waals surface area contributed by atoms with Crippen molar-refractivity contribution in [3.8, 4) is 0 Å². The van der Waals surface area contributed by atoms with Crippen molar-refractivity contribution in [3.05, 3.63) is 35.9 Å². The van der Waals surface area contributed by atoms with Crippen LogP contribution in [-0.2, 0) is 14.4 Å². The van der Waals surface area contributed by atoms with Gasteiger partial charge in [0.05, 0.1) is 12.6 Å². The Labute approximate surface area is 163 Å². The van der Waals surface area contributed by atoms with Crippen LogP contribution >= 0.6 is 0 Å². The van der Waals surface area contributed by atoms with Crippen LogP contribution in [0.4, 0.5) is 0 Å². The van der Waals surface area contributed by atoms with Crippen LogP contribution in [0.25, 0.3) is 0 Å². The molecular weight excluding hydrogens is 366 g/mol. The fraction of sp³-hybridized carbons (Fsp3) is 0.444. The molecule has 0 heterocycles. The van der Waals surface area contributed by atoms with Crippen molar-refractivity contribution >= 4 is 23.6 Å². The summed E-state index contributed by atoms with van der Waals surface area (Å²) in [5.41, 5.74) is 5.89. The van der Waals surface area contributed by atoms with Crippen molar-refractivity contribution in [1.82, 2.24) is 21.3 Å². The zero-order valence-corrected chi connectivity index (χ0v) is 15.9. The van der Waals surface area contributed by atoms with Gasteiger partial charge in [0.1, 0.15) is 12.1 Å². The molecule has 3 atom stereocenters. The molecule has 0 saturated carbocycles. The minimum atomic E-state index is -1.15. The lowest BCUT2D eigenvalue weighted by Crippen LogP contribution is -2.55. The monoisotopic (exact) mass is 393 g/mol. The summed E-state index contributed by atoms with van der Waals surface area (Å²) in [4.78, 5) is 48.2. The maximum Gasteiger partial charge on any atom is 0.251 e. The first-order valence-electron chi connectivity index (χ1n) is 8.82. The Kier molecular flexibility index (Phi) is 9.61. The molecule has 0 radical (unpaired) electrons. The van der Waals surface area contributed by atoms with Gasteiger partial charge in [-0.2, -0.15) is 0 Å². The molecule has 4 amide bonds. The maximum atomic E-state index is 12.3. The second-order valence-corrected chi connectivity index (χ2v) is 6.09. The van der Waals surface area contributed by atoms with Crippen LogP contribution in [0.1, 0.15) is 23.7 Å². The van der Waals surface area contributed by atoms with Crippen molar-refractivity contribution in [3.63, 3.8) is 0 Å². The third kappa shape index (κ3) is 7.33. The minimum Gasteiger partial charge on any atom is -0.391 e. The number of aliphatic hydroxyl groups is 1. The topological polar surface area (TPSA) is 163 Å². The minimum absolute atomic E-state index is 0.153. The number of likely N-dealkylation sites (N-methyl/N-ethyl adjacent to an activating group) is 1. The normalized spacial score (nSPS) is 13.6. The summed E-state index contributed by atoms with van der Waals surface area (Å²) in [5.74, 6) is -2.25. The van der Waals surface area contributed by atoms with Gasteiger partial charge in [0.25, 0.3) is 5.91 Å². The van der Waals surface area contributed by atoms with Gasteiger partial charge < -0.3 is 32.1 Å². The van der Waals surface area contributed by atoms with Gasteiger partial charge in [-0.3, -0.25) is 19.2 Å².